The summed E-state index contributed by atoms with van der Waals surface area (Å²) in [6, 6.07) is 16.5. The van der Waals surface area contributed by atoms with Crippen LogP contribution in [0.2, 0.25) is 0 Å². The number of hydrogen-bond donors (Lipinski definition) is 1. The van der Waals surface area contributed by atoms with Crippen LogP contribution in [0.25, 0.3) is 0 Å². The Labute approximate surface area is 267 Å². The van der Waals surface area contributed by atoms with Gasteiger partial charge in [-0.05, 0) is 77.7 Å². The monoisotopic (exact) mass is 685 g/mol. The zero-order valence-corrected chi connectivity index (χ0v) is 24.8. The molecule has 254 valence electrons. The van der Waals surface area contributed by atoms with E-state index >= 15 is 0 Å². The van der Waals surface area contributed by atoms with Crippen LogP contribution in [0.3, 0.4) is 0 Å². The molecule has 0 bridgehead atoms. The lowest BCUT2D eigenvalue weighted by Crippen LogP contribution is -2.48. The Morgan fingerprint density at radius 3 is 1.71 bits per heavy atom. The van der Waals surface area contributed by atoms with Crippen molar-refractivity contribution >= 4 is 11.9 Å². The standard InChI is InChI=1S/C33H24F9NO5/c1-19-12-13-21(15-27(19)31(34,35)36)28(44)43-30(18-20-6-3-7-22(14-20)29(45)46-2,23-8-4-10-25(16-23)47-32(37,38)39)24-9-5-11-26(17-24)48-33(40,41)42/h3-17H,18H2,1-2H3,(H,43,44). The highest BCUT2D eigenvalue weighted by atomic mass is 19.4. The Morgan fingerprint density at radius 2 is 1.21 bits per heavy atom. The average Bonchev–Trinajstić information content (AvgIpc) is 2.98. The number of halogens is 9. The van der Waals surface area contributed by atoms with Gasteiger partial charge in [-0.3, -0.25) is 4.79 Å². The lowest BCUT2D eigenvalue weighted by Gasteiger charge is -2.37. The molecule has 15 heteroatoms. The molecule has 0 aromatic heterocycles. The largest absolute Gasteiger partial charge is 0.573 e. The number of hydrogen-bond acceptors (Lipinski definition) is 5. The zero-order valence-electron chi connectivity index (χ0n) is 24.8. The maximum absolute atomic E-state index is 13.9. The molecular formula is C33H24F9NO5. The number of amides is 1. The Hall–Kier alpha value is -5.21. The van der Waals surface area contributed by atoms with Gasteiger partial charge >= 0.3 is 24.9 Å². The summed E-state index contributed by atoms with van der Waals surface area (Å²) in [5.41, 5.74) is -4.17. The molecule has 4 aromatic rings. The lowest BCUT2D eigenvalue weighted by molar-refractivity contribution is -0.275. The van der Waals surface area contributed by atoms with E-state index in [1.54, 1.807) is 0 Å². The van der Waals surface area contributed by atoms with E-state index in [1.807, 2.05) is 0 Å². The summed E-state index contributed by atoms with van der Waals surface area (Å²) >= 11 is 0. The second kappa shape index (κ2) is 13.5. The minimum absolute atomic E-state index is 0.00638. The van der Waals surface area contributed by atoms with Crippen molar-refractivity contribution < 1.29 is 63.3 Å². The van der Waals surface area contributed by atoms with E-state index in [0.717, 1.165) is 55.6 Å². The number of carbonyl (C=O) groups excluding carboxylic acids is 2. The first-order chi connectivity index (χ1) is 22.3. The maximum Gasteiger partial charge on any atom is 0.573 e. The van der Waals surface area contributed by atoms with E-state index in [1.165, 1.54) is 43.3 Å². The number of ether oxygens (including phenoxy) is 3. The second-order valence-electron chi connectivity index (χ2n) is 10.4. The van der Waals surface area contributed by atoms with Gasteiger partial charge in [-0.1, -0.05) is 42.5 Å². The minimum atomic E-state index is -5.17. The molecule has 0 heterocycles. The van der Waals surface area contributed by atoms with Crippen molar-refractivity contribution in [1.82, 2.24) is 5.32 Å². The lowest BCUT2D eigenvalue weighted by atomic mass is 9.77. The Balaban J connectivity index is 2.01. The van der Waals surface area contributed by atoms with Crippen LogP contribution in [0.4, 0.5) is 39.5 Å². The van der Waals surface area contributed by atoms with Crippen molar-refractivity contribution in [3.05, 3.63) is 130 Å². The van der Waals surface area contributed by atoms with E-state index in [0.29, 0.717) is 6.07 Å². The van der Waals surface area contributed by atoms with E-state index in [-0.39, 0.29) is 27.8 Å². The highest BCUT2D eigenvalue weighted by Crippen LogP contribution is 2.39. The van der Waals surface area contributed by atoms with E-state index in [2.05, 4.69) is 14.8 Å². The summed E-state index contributed by atoms with van der Waals surface area (Å²) in [6.07, 6.45) is -15.7. The molecule has 0 fully saturated rings. The van der Waals surface area contributed by atoms with Gasteiger partial charge in [0.05, 0.1) is 23.8 Å². The first-order valence-corrected chi connectivity index (χ1v) is 13.7. The molecule has 0 atom stereocenters. The number of esters is 1. The fourth-order valence-electron chi connectivity index (χ4n) is 5.04. The average molecular weight is 686 g/mol. The third kappa shape index (κ3) is 8.77. The number of nitrogens with one attached hydrogen (secondary N) is 1. The van der Waals surface area contributed by atoms with Gasteiger partial charge < -0.3 is 19.5 Å². The van der Waals surface area contributed by atoms with Crippen LogP contribution in [0.1, 0.15) is 48.5 Å². The Morgan fingerprint density at radius 1 is 0.667 bits per heavy atom. The summed E-state index contributed by atoms with van der Waals surface area (Å²) in [6.45, 7) is 1.17. The van der Waals surface area contributed by atoms with Crippen LogP contribution >= 0.6 is 0 Å². The minimum Gasteiger partial charge on any atom is -0.465 e. The van der Waals surface area contributed by atoms with Gasteiger partial charge in [-0.25, -0.2) is 4.79 Å². The highest BCUT2D eigenvalue weighted by molar-refractivity contribution is 5.95. The van der Waals surface area contributed by atoms with Crippen LogP contribution in [0, 0.1) is 6.92 Å². The number of rotatable bonds is 9. The van der Waals surface area contributed by atoms with E-state index in [4.69, 9.17) is 4.74 Å². The Kier molecular flexibility index (Phi) is 10.0. The summed E-state index contributed by atoms with van der Waals surface area (Å²) < 4.78 is 134. The normalized spacial score (nSPS) is 12.3. The SMILES string of the molecule is COC(=O)c1cccc(CC(NC(=O)c2ccc(C)c(C(F)(F)F)c2)(c2cccc(OC(F)(F)F)c2)c2cccc(OC(F)(F)F)c2)c1. The first kappa shape index (κ1) is 35.6. The van der Waals surface area contributed by atoms with Gasteiger partial charge in [0.2, 0.25) is 0 Å². The van der Waals surface area contributed by atoms with Crippen molar-refractivity contribution in [2.45, 2.75) is 37.8 Å². The van der Waals surface area contributed by atoms with Crippen molar-refractivity contribution in [3.8, 4) is 11.5 Å². The Bertz CT molecular complexity index is 1740. The smallest absolute Gasteiger partial charge is 0.465 e. The first-order valence-electron chi connectivity index (χ1n) is 13.7. The number of benzene rings is 4. The molecule has 0 radical (unpaired) electrons. The molecule has 4 aromatic carbocycles. The number of aryl methyl sites for hydroxylation is 1. The number of alkyl halides is 9. The topological polar surface area (TPSA) is 73.9 Å². The van der Waals surface area contributed by atoms with Crippen molar-refractivity contribution in [1.29, 1.82) is 0 Å². The molecule has 4 rings (SSSR count). The van der Waals surface area contributed by atoms with Crippen LogP contribution in [0.5, 0.6) is 11.5 Å². The molecule has 0 aliphatic carbocycles. The van der Waals surface area contributed by atoms with Gasteiger partial charge in [-0.2, -0.15) is 13.2 Å². The molecule has 6 nitrogen and oxygen atoms in total. The molecule has 1 N–H and O–H groups in total. The molecule has 48 heavy (non-hydrogen) atoms. The summed E-state index contributed by atoms with van der Waals surface area (Å²) in [5.74, 6) is -3.51. The fraction of sp³-hybridized carbons (Fsp3) is 0.212. The molecule has 0 aliphatic rings. The van der Waals surface area contributed by atoms with Crippen LogP contribution < -0.4 is 14.8 Å². The second-order valence-corrected chi connectivity index (χ2v) is 10.4. The van der Waals surface area contributed by atoms with Crippen LogP contribution in [-0.2, 0) is 22.9 Å². The number of carbonyl (C=O) groups is 2. The summed E-state index contributed by atoms with van der Waals surface area (Å²) in [4.78, 5) is 26.2. The van der Waals surface area contributed by atoms with Gasteiger partial charge in [0, 0.05) is 12.0 Å². The molecule has 0 saturated heterocycles. The summed E-state index contributed by atoms with van der Waals surface area (Å²) in [7, 11) is 1.11. The highest BCUT2D eigenvalue weighted by Gasteiger charge is 2.40. The molecule has 0 unspecified atom stereocenters. The third-order valence-corrected chi connectivity index (χ3v) is 7.07. The molecule has 0 saturated carbocycles. The van der Waals surface area contributed by atoms with E-state index in [9.17, 15) is 49.1 Å². The molecule has 0 spiro atoms. The van der Waals surface area contributed by atoms with Crippen LogP contribution in [0.15, 0.2) is 91.0 Å². The predicted octanol–water partition coefficient (Wildman–Crippen LogP) is 8.51. The van der Waals surface area contributed by atoms with Gasteiger partial charge in [0.25, 0.3) is 5.91 Å². The summed E-state index contributed by atoms with van der Waals surface area (Å²) in [5, 5.41) is 2.57. The third-order valence-electron chi connectivity index (χ3n) is 7.07. The molecular weight excluding hydrogens is 661 g/mol. The van der Waals surface area contributed by atoms with Gasteiger partial charge in [0.1, 0.15) is 11.5 Å². The number of methoxy groups -OCH3 is 1. The predicted molar refractivity (Wildman–Crippen MR) is 152 cm³/mol. The fourth-order valence-corrected chi connectivity index (χ4v) is 5.04. The maximum atomic E-state index is 13.9. The van der Waals surface area contributed by atoms with Crippen molar-refractivity contribution in [2.24, 2.45) is 0 Å². The molecule has 0 aliphatic heterocycles. The zero-order chi connectivity index (χ0) is 35.5. The quantitative estimate of drug-likeness (QED) is 0.141. The van der Waals surface area contributed by atoms with E-state index < -0.39 is 65.4 Å². The molecule has 1 amide bonds. The van der Waals surface area contributed by atoms with Crippen LogP contribution in [-0.4, -0.2) is 31.7 Å². The van der Waals surface area contributed by atoms with Gasteiger partial charge in [-0.15, -0.1) is 26.3 Å². The van der Waals surface area contributed by atoms with Crippen molar-refractivity contribution in [2.75, 3.05) is 7.11 Å². The van der Waals surface area contributed by atoms with Gasteiger partial charge in [0.15, 0.2) is 0 Å². The van der Waals surface area contributed by atoms with Crippen molar-refractivity contribution in [3.63, 3.8) is 0 Å².